The van der Waals surface area contributed by atoms with Gasteiger partial charge < -0.3 is 14.5 Å². The van der Waals surface area contributed by atoms with Crippen molar-refractivity contribution in [1.29, 1.82) is 0 Å². The highest BCUT2D eigenvalue weighted by atomic mass is 32.1. The van der Waals surface area contributed by atoms with E-state index in [4.69, 9.17) is 9.63 Å². The van der Waals surface area contributed by atoms with Crippen molar-refractivity contribution in [2.45, 2.75) is 19.3 Å². The van der Waals surface area contributed by atoms with E-state index in [0.29, 0.717) is 37.5 Å². The topological polar surface area (TPSA) is 82.7 Å². The van der Waals surface area contributed by atoms with Crippen LogP contribution >= 0.6 is 11.3 Å². The molecule has 2 aromatic rings. The third kappa shape index (κ3) is 4.40. The van der Waals surface area contributed by atoms with Crippen LogP contribution in [0.25, 0.3) is 10.7 Å². The van der Waals surface area contributed by atoms with Gasteiger partial charge in [-0.2, -0.15) is 4.98 Å². The summed E-state index contributed by atoms with van der Waals surface area (Å²) in [5.74, 6) is 1.38. The summed E-state index contributed by atoms with van der Waals surface area (Å²) in [6, 6.07) is 3.91. The second kappa shape index (κ2) is 8.36. The first-order valence-corrected chi connectivity index (χ1v) is 9.11. The number of hydrogen-bond acceptors (Lipinski definition) is 7. The average Bonchev–Trinajstić information content (AvgIpc) is 3.27. The highest BCUT2D eigenvalue weighted by Gasteiger charge is 2.20. The van der Waals surface area contributed by atoms with Crippen LogP contribution in [0.15, 0.2) is 22.0 Å². The van der Waals surface area contributed by atoms with Crippen LogP contribution in [0.2, 0.25) is 0 Å². The Morgan fingerprint density at radius 2 is 2.17 bits per heavy atom. The molecule has 0 spiro atoms. The van der Waals surface area contributed by atoms with Gasteiger partial charge >= 0.3 is 0 Å². The van der Waals surface area contributed by atoms with Gasteiger partial charge in [-0.3, -0.25) is 9.69 Å². The molecule has 1 aliphatic rings. The fourth-order valence-electron chi connectivity index (χ4n) is 2.77. The number of rotatable bonds is 7. The van der Waals surface area contributed by atoms with Gasteiger partial charge in [0.05, 0.1) is 11.5 Å². The molecule has 8 heteroatoms. The summed E-state index contributed by atoms with van der Waals surface area (Å²) in [7, 11) is 0. The number of aryl methyl sites for hydroxylation is 1. The lowest BCUT2D eigenvalue weighted by Crippen LogP contribution is -2.49. The summed E-state index contributed by atoms with van der Waals surface area (Å²) < 4.78 is 5.25. The standard InChI is InChI=1S/C16H22N4O3S/c21-11-10-19-6-8-20(9-7-19)15(22)5-1-4-14-17-16(18-23-14)13-3-2-12-24-13/h2-3,12,21H,1,4-11H2. The van der Waals surface area contributed by atoms with E-state index in [-0.39, 0.29) is 12.5 Å². The van der Waals surface area contributed by atoms with Gasteiger partial charge in [0.1, 0.15) is 0 Å². The van der Waals surface area contributed by atoms with E-state index >= 15 is 0 Å². The molecule has 1 fully saturated rings. The van der Waals surface area contributed by atoms with Crippen LogP contribution < -0.4 is 0 Å². The molecule has 0 atom stereocenters. The van der Waals surface area contributed by atoms with Crippen LogP contribution in [-0.2, 0) is 11.2 Å². The van der Waals surface area contributed by atoms with E-state index < -0.39 is 0 Å². The van der Waals surface area contributed by atoms with Crippen LogP contribution in [-0.4, -0.2) is 70.3 Å². The molecule has 0 radical (unpaired) electrons. The van der Waals surface area contributed by atoms with Crippen molar-refractivity contribution in [3.05, 3.63) is 23.4 Å². The van der Waals surface area contributed by atoms with Gasteiger partial charge in [0, 0.05) is 45.6 Å². The molecule has 0 unspecified atom stereocenters. The first-order valence-electron chi connectivity index (χ1n) is 8.23. The number of hydrogen-bond donors (Lipinski definition) is 1. The van der Waals surface area contributed by atoms with E-state index in [2.05, 4.69) is 15.0 Å². The molecule has 1 saturated heterocycles. The fourth-order valence-corrected chi connectivity index (χ4v) is 3.42. The Balaban J connectivity index is 1.40. The second-order valence-corrected chi connectivity index (χ2v) is 6.74. The molecule has 0 saturated carbocycles. The number of amides is 1. The zero-order valence-corrected chi connectivity index (χ0v) is 14.4. The number of aliphatic hydroxyl groups is 1. The van der Waals surface area contributed by atoms with Crippen LogP contribution in [0, 0.1) is 0 Å². The number of thiophene rings is 1. The Hall–Kier alpha value is -1.77. The Kier molecular flexibility index (Phi) is 5.95. The maximum absolute atomic E-state index is 12.2. The number of aromatic nitrogens is 2. The SMILES string of the molecule is O=C(CCCc1nc(-c2cccs2)no1)N1CCN(CCO)CC1. The summed E-state index contributed by atoms with van der Waals surface area (Å²) in [6.07, 6.45) is 1.83. The highest BCUT2D eigenvalue weighted by Crippen LogP contribution is 2.21. The number of carbonyl (C=O) groups is 1. The molecule has 0 aromatic carbocycles. The molecule has 2 aromatic heterocycles. The van der Waals surface area contributed by atoms with Gasteiger partial charge in [0.15, 0.2) is 0 Å². The van der Waals surface area contributed by atoms with Crippen molar-refractivity contribution in [3.63, 3.8) is 0 Å². The molecule has 0 bridgehead atoms. The van der Waals surface area contributed by atoms with Crippen LogP contribution in [0.5, 0.6) is 0 Å². The van der Waals surface area contributed by atoms with Gasteiger partial charge in [-0.15, -0.1) is 11.3 Å². The lowest BCUT2D eigenvalue weighted by atomic mass is 10.2. The molecule has 7 nitrogen and oxygen atoms in total. The van der Waals surface area contributed by atoms with E-state index in [0.717, 1.165) is 31.1 Å². The fraction of sp³-hybridized carbons (Fsp3) is 0.562. The van der Waals surface area contributed by atoms with Gasteiger partial charge in [0.25, 0.3) is 0 Å². The van der Waals surface area contributed by atoms with Gasteiger partial charge in [-0.1, -0.05) is 11.2 Å². The summed E-state index contributed by atoms with van der Waals surface area (Å²) in [5.41, 5.74) is 0. The Labute approximate surface area is 144 Å². The maximum atomic E-state index is 12.2. The largest absolute Gasteiger partial charge is 0.395 e. The summed E-state index contributed by atoms with van der Waals surface area (Å²) in [4.78, 5) is 21.7. The quantitative estimate of drug-likeness (QED) is 0.809. The van der Waals surface area contributed by atoms with Gasteiger partial charge in [-0.25, -0.2) is 0 Å². The third-order valence-corrected chi connectivity index (χ3v) is 5.00. The normalized spacial score (nSPS) is 15.8. The lowest BCUT2D eigenvalue weighted by Gasteiger charge is -2.34. The van der Waals surface area contributed by atoms with E-state index in [9.17, 15) is 4.79 Å². The monoisotopic (exact) mass is 350 g/mol. The smallest absolute Gasteiger partial charge is 0.226 e. The number of piperazine rings is 1. The van der Waals surface area contributed by atoms with Crippen molar-refractivity contribution in [1.82, 2.24) is 19.9 Å². The summed E-state index contributed by atoms with van der Waals surface area (Å²) in [6.45, 7) is 4.00. The summed E-state index contributed by atoms with van der Waals surface area (Å²) in [5, 5.41) is 14.9. The number of nitrogens with zero attached hydrogens (tertiary/aromatic N) is 4. The first-order chi connectivity index (χ1) is 11.8. The number of β-amino-alcohol motifs (C(OH)–C–C–N with tert-alkyl or cyclic N) is 1. The molecule has 3 heterocycles. The van der Waals surface area contributed by atoms with Crippen LogP contribution in [0.4, 0.5) is 0 Å². The Morgan fingerprint density at radius 3 is 2.88 bits per heavy atom. The predicted molar refractivity (Wildman–Crippen MR) is 90.7 cm³/mol. The van der Waals surface area contributed by atoms with Crippen LogP contribution in [0.1, 0.15) is 18.7 Å². The average molecular weight is 350 g/mol. The van der Waals surface area contributed by atoms with E-state index in [1.54, 1.807) is 11.3 Å². The third-order valence-electron chi connectivity index (χ3n) is 4.13. The zero-order chi connectivity index (χ0) is 16.8. The first kappa shape index (κ1) is 17.1. The molecule has 1 amide bonds. The van der Waals surface area contributed by atoms with E-state index in [1.165, 1.54) is 0 Å². The number of aliphatic hydroxyl groups excluding tert-OH is 1. The van der Waals surface area contributed by atoms with Gasteiger partial charge in [0.2, 0.25) is 17.6 Å². The minimum absolute atomic E-state index is 0.172. The molecular formula is C16H22N4O3S. The lowest BCUT2D eigenvalue weighted by molar-refractivity contribution is -0.133. The van der Waals surface area contributed by atoms with E-state index in [1.807, 2.05) is 22.4 Å². The van der Waals surface area contributed by atoms with Crippen molar-refractivity contribution in [2.24, 2.45) is 0 Å². The van der Waals surface area contributed by atoms with Gasteiger partial charge in [-0.05, 0) is 17.9 Å². The number of carbonyl (C=O) groups excluding carboxylic acids is 1. The zero-order valence-electron chi connectivity index (χ0n) is 13.6. The molecule has 24 heavy (non-hydrogen) atoms. The molecular weight excluding hydrogens is 328 g/mol. The van der Waals surface area contributed by atoms with Crippen molar-refractivity contribution < 1.29 is 14.4 Å². The Bertz CT molecular complexity index is 636. The highest BCUT2D eigenvalue weighted by molar-refractivity contribution is 7.13. The molecule has 1 aliphatic heterocycles. The minimum Gasteiger partial charge on any atom is -0.395 e. The molecule has 0 aliphatic carbocycles. The minimum atomic E-state index is 0.172. The molecule has 1 N–H and O–H groups in total. The molecule has 3 rings (SSSR count). The maximum Gasteiger partial charge on any atom is 0.226 e. The summed E-state index contributed by atoms with van der Waals surface area (Å²) >= 11 is 1.58. The van der Waals surface area contributed by atoms with Crippen molar-refractivity contribution in [3.8, 4) is 10.7 Å². The predicted octanol–water partition coefficient (Wildman–Crippen LogP) is 1.26. The second-order valence-electron chi connectivity index (χ2n) is 5.79. The Morgan fingerprint density at radius 1 is 1.33 bits per heavy atom. The van der Waals surface area contributed by atoms with Crippen molar-refractivity contribution in [2.75, 3.05) is 39.3 Å². The van der Waals surface area contributed by atoms with Crippen molar-refractivity contribution >= 4 is 17.2 Å². The molecule has 130 valence electrons. The van der Waals surface area contributed by atoms with Crippen LogP contribution in [0.3, 0.4) is 0 Å².